The average molecular weight is 340 g/mol. The van der Waals surface area contributed by atoms with Crippen LogP contribution in [0.1, 0.15) is 22.8 Å². The third-order valence-corrected chi connectivity index (χ3v) is 4.17. The molecule has 6 nitrogen and oxygen atoms in total. The highest BCUT2D eigenvalue weighted by Crippen LogP contribution is 2.34. The van der Waals surface area contributed by atoms with Crippen LogP contribution in [0.2, 0.25) is 0 Å². The first-order valence-electron chi connectivity index (χ1n) is 7.95. The molecule has 0 radical (unpaired) electrons. The highest BCUT2D eigenvalue weighted by Gasteiger charge is 2.29. The van der Waals surface area contributed by atoms with Gasteiger partial charge in [0.05, 0.1) is 18.5 Å². The monoisotopic (exact) mass is 340 g/mol. The van der Waals surface area contributed by atoms with Crippen molar-refractivity contribution in [2.75, 3.05) is 24.4 Å². The van der Waals surface area contributed by atoms with Crippen molar-refractivity contribution in [3.63, 3.8) is 0 Å². The van der Waals surface area contributed by atoms with Gasteiger partial charge < -0.3 is 19.7 Å². The largest absolute Gasteiger partial charge is 0.495 e. The van der Waals surface area contributed by atoms with Crippen molar-refractivity contribution in [2.24, 2.45) is 0 Å². The number of amides is 2. The second-order valence-corrected chi connectivity index (χ2v) is 6.00. The first-order valence-corrected chi connectivity index (χ1v) is 7.95. The zero-order chi connectivity index (χ0) is 18.1. The molecule has 1 heterocycles. The Kier molecular flexibility index (Phi) is 4.35. The van der Waals surface area contributed by atoms with E-state index in [0.717, 1.165) is 5.56 Å². The van der Waals surface area contributed by atoms with E-state index in [4.69, 9.17) is 9.47 Å². The van der Waals surface area contributed by atoms with Crippen LogP contribution in [0.3, 0.4) is 0 Å². The molecule has 0 aliphatic carbocycles. The van der Waals surface area contributed by atoms with Crippen LogP contribution in [0.25, 0.3) is 0 Å². The Labute approximate surface area is 146 Å². The van der Waals surface area contributed by atoms with Crippen LogP contribution in [0.4, 0.5) is 11.4 Å². The number of hydrogen-bond acceptors (Lipinski definition) is 4. The zero-order valence-electron chi connectivity index (χ0n) is 14.6. The third-order valence-electron chi connectivity index (χ3n) is 4.17. The molecule has 0 fully saturated rings. The Bertz CT molecular complexity index is 847. The maximum atomic E-state index is 12.6. The van der Waals surface area contributed by atoms with Gasteiger partial charge >= 0.3 is 0 Å². The normalized spacial score (nSPS) is 16.1. The van der Waals surface area contributed by atoms with Crippen molar-refractivity contribution in [1.82, 2.24) is 0 Å². The molecule has 130 valence electrons. The molecule has 2 aromatic rings. The summed E-state index contributed by atoms with van der Waals surface area (Å²) in [7, 11) is 3.23. The number of rotatable bonds is 3. The van der Waals surface area contributed by atoms with Gasteiger partial charge in [-0.15, -0.1) is 0 Å². The summed E-state index contributed by atoms with van der Waals surface area (Å²) in [5.41, 5.74) is 2.61. The molecule has 0 saturated heterocycles. The minimum Gasteiger partial charge on any atom is -0.495 e. The first kappa shape index (κ1) is 16.8. The maximum Gasteiger partial charge on any atom is 0.267 e. The first-order chi connectivity index (χ1) is 11.9. The van der Waals surface area contributed by atoms with E-state index in [2.05, 4.69) is 5.32 Å². The average Bonchev–Trinajstić information content (AvgIpc) is 2.60. The van der Waals surface area contributed by atoms with Crippen LogP contribution in [-0.2, 0) is 4.79 Å². The topological polar surface area (TPSA) is 67.9 Å². The molecular formula is C19H20N2O4. The van der Waals surface area contributed by atoms with Gasteiger partial charge in [-0.25, -0.2) is 0 Å². The highest BCUT2D eigenvalue weighted by molar-refractivity contribution is 6.07. The van der Waals surface area contributed by atoms with Crippen LogP contribution in [0.15, 0.2) is 36.4 Å². The van der Waals surface area contributed by atoms with Crippen molar-refractivity contribution in [1.29, 1.82) is 0 Å². The summed E-state index contributed by atoms with van der Waals surface area (Å²) in [5.74, 6) is 0.734. The number of benzene rings is 2. The van der Waals surface area contributed by atoms with E-state index >= 15 is 0 Å². The minimum absolute atomic E-state index is 0.148. The van der Waals surface area contributed by atoms with Crippen molar-refractivity contribution in [3.05, 3.63) is 47.5 Å². The van der Waals surface area contributed by atoms with Crippen LogP contribution < -0.4 is 19.7 Å². The lowest BCUT2D eigenvalue weighted by molar-refractivity contribution is -0.125. The molecule has 1 aliphatic rings. The molecule has 2 aromatic carbocycles. The number of fused-ring (bicyclic) bond motifs is 1. The Morgan fingerprint density at radius 3 is 2.72 bits per heavy atom. The number of carbonyl (C=O) groups is 2. The number of anilines is 2. The zero-order valence-corrected chi connectivity index (χ0v) is 14.6. The summed E-state index contributed by atoms with van der Waals surface area (Å²) < 4.78 is 10.9. The number of carbonyl (C=O) groups excluding carboxylic acids is 2. The van der Waals surface area contributed by atoms with Crippen LogP contribution >= 0.6 is 0 Å². The number of hydrogen-bond donors (Lipinski definition) is 1. The quantitative estimate of drug-likeness (QED) is 0.933. The van der Waals surface area contributed by atoms with E-state index in [1.807, 2.05) is 19.1 Å². The SMILES string of the molecule is COc1ccc(C)cc1NC(=O)c1ccc2c(c1)N(C)C(=O)C(C)O2. The highest BCUT2D eigenvalue weighted by atomic mass is 16.5. The smallest absolute Gasteiger partial charge is 0.267 e. The molecule has 1 N–H and O–H groups in total. The molecule has 2 amide bonds. The molecule has 0 aromatic heterocycles. The summed E-state index contributed by atoms with van der Waals surface area (Å²) in [6, 6.07) is 10.6. The van der Waals surface area contributed by atoms with Gasteiger partial charge in [-0.2, -0.15) is 0 Å². The van der Waals surface area contributed by atoms with E-state index in [0.29, 0.717) is 28.4 Å². The third kappa shape index (κ3) is 3.15. The number of methoxy groups -OCH3 is 1. The molecule has 1 atom stereocenters. The second kappa shape index (κ2) is 6.47. The number of nitrogens with one attached hydrogen (secondary N) is 1. The van der Waals surface area contributed by atoms with E-state index in [9.17, 15) is 9.59 Å². The Morgan fingerprint density at radius 1 is 1.24 bits per heavy atom. The van der Waals surface area contributed by atoms with Gasteiger partial charge in [-0.1, -0.05) is 6.07 Å². The van der Waals surface area contributed by atoms with Gasteiger partial charge in [0.25, 0.3) is 11.8 Å². The molecule has 1 aliphatic heterocycles. The molecule has 3 rings (SSSR count). The van der Waals surface area contributed by atoms with Gasteiger partial charge in [0, 0.05) is 12.6 Å². The Balaban J connectivity index is 1.89. The second-order valence-electron chi connectivity index (χ2n) is 6.00. The summed E-state index contributed by atoms with van der Waals surface area (Å²) >= 11 is 0. The number of ether oxygens (including phenoxy) is 2. The van der Waals surface area contributed by atoms with Gasteiger partial charge in [0.2, 0.25) is 0 Å². The predicted molar refractivity (Wildman–Crippen MR) is 95.6 cm³/mol. The standard InChI is InChI=1S/C19H20N2O4/c1-11-5-7-16(24-4)14(9-11)20-18(22)13-6-8-17-15(10-13)21(3)19(23)12(2)25-17/h5-10,12H,1-4H3,(H,20,22). The van der Waals surface area contributed by atoms with Crippen LogP contribution in [0, 0.1) is 6.92 Å². The van der Waals surface area contributed by atoms with Crippen molar-refractivity contribution in [3.8, 4) is 11.5 Å². The molecule has 0 spiro atoms. The molecule has 0 saturated carbocycles. The lowest BCUT2D eigenvalue weighted by atomic mass is 10.1. The van der Waals surface area contributed by atoms with Crippen molar-refractivity contribution in [2.45, 2.75) is 20.0 Å². The molecule has 6 heteroatoms. The summed E-state index contributed by atoms with van der Waals surface area (Å²) in [6.45, 7) is 3.64. The Morgan fingerprint density at radius 2 is 2.00 bits per heavy atom. The van der Waals surface area contributed by atoms with E-state index < -0.39 is 6.10 Å². The fourth-order valence-corrected chi connectivity index (χ4v) is 2.77. The van der Waals surface area contributed by atoms with Crippen molar-refractivity contribution < 1.29 is 19.1 Å². The van der Waals surface area contributed by atoms with Gasteiger partial charge in [0.1, 0.15) is 11.5 Å². The van der Waals surface area contributed by atoms with E-state index in [-0.39, 0.29) is 11.8 Å². The number of aryl methyl sites for hydroxylation is 1. The van der Waals surface area contributed by atoms with E-state index in [1.54, 1.807) is 45.3 Å². The van der Waals surface area contributed by atoms with Gasteiger partial charge in [-0.3, -0.25) is 9.59 Å². The maximum absolute atomic E-state index is 12.6. The molecular weight excluding hydrogens is 320 g/mol. The number of likely N-dealkylation sites (N-methyl/N-ethyl adjacent to an activating group) is 1. The summed E-state index contributed by atoms with van der Waals surface area (Å²) in [6.07, 6.45) is -0.534. The molecule has 1 unspecified atom stereocenters. The molecule has 0 bridgehead atoms. The summed E-state index contributed by atoms with van der Waals surface area (Å²) in [5, 5.41) is 2.85. The van der Waals surface area contributed by atoms with Crippen LogP contribution in [0.5, 0.6) is 11.5 Å². The van der Waals surface area contributed by atoms with E-state index in [1.165, 1.54) is 4.90 Å². The van der Waals surface area contributed by atoms with Gasteiger partial charge in [0.15, 0.2) is 6.10 Å². The fraction of sp³-hybridized carbons (Fsp3) is 0.263. The predicted octanol–water partition coefficient (Wildman–Crippen LogP) is 3.00. The minimum atomic E-state index is -0.534. The van der Waals surface area contributed by atoms with Gasteiger partial charge in [-0.05, 0) is 49.7 Å². The molecule has 25 heavy (non-hydrogen) atoms. The fourth-order valence-electron chi connectivity index (χ4n) is 2.77. The summed E-state index contributed by atoms with van der Waals surface area (Å²) in [4.78, 5) is 26.2. The lowest BCUT2D eigenvalue weighted by Crippen LogP contribution is -2.42. The number of nitrogens with zero attached hydrogens (tertiary/aromatic N) is 1. The van der Waals surface area contributed by atoms with Crippen molar-refractivity contribution >= 4 is 23.2 Å². The lowest BCUT2D eigenvalue weighted by Gasteiger charge is -2.30. The Hall–Kier alpha value is -3.02. The van der Waals surface area contributed by atoms with Crippen LogP contribution in [-0.4, -0.2) is 32.1 Å².